The minimum Gasteiger partial charge on any atom is -0.321 e. The van der Waals surface area contributed by atoms with Gasteiger partial charge in [0.05, 0.1) is 16.4 Å². The van der Waals surface area contributed by atoms with E-state index in [0.29, 0.717) is 0 Å². The summed E-state index contributed by atoms with van der Waals surface area (Å²) in [5.41, 5.74) is 8.36. The highest BCUT2D eigenvalue weighted by Crippen LogP contribution is 2.42. The standard InChI is InChI=1S/C12H12BrN3/c13-10-7-15-16(8-10)11-3-1-9(2-4-11)12(14)5-6-12/h1-4,7-8H,5-6,14H2. The molecule has 0 spiro atoms. The molecule has 82 valence electrons. The van der Waals surface area contributed by atoms with Crippen molar-refractivity contribution in [2.24, 2.45) is 5.73 Å². The van der Waals surface area contributed by atoms with Crippen LogP contribution in [0.2, 0.25) is 0 Å². The lowest BCUT2D eigenvalue weighted by molar-refractivity contribution is 0.739. The van der Waals surface area contributed by atoms with Crippen LogP contribution >= 0.6 is 15.9 Å². The molecular weight excluding hydrogens is 266 g/mol. The van der Waals surface area contributed by atoms with Gasteiger partial charge in [0.2, 0.25) is 0 Å². The number of hydrogen-bond donors (Lipinski definition) is 1. The third-order valence-corrected chi connectivity index (χ3v) is 3.46. The zero-order valence-corrected chi connectivity index (χ0v) is 10.3. The molecule has 1 aliphatic carbocycles. The lowest BCUT2D eigenvalue weighted by Crippen LogP contribution is -2.18. The summed E-state index contributed by atoms with van der Waals surface area (Å²) >= 11 is 3.38. The molecule has 4 heteroatoms. The molecule has 1 heterocycles. The van der Waals surface area contributed by atoms with Crippen LogP contribution in [0.15, 0.2) is 41.1 Å². The molecule has 0 atom stereocenters. The number of halogens is 1. The average molecular weight is 278 g/mol. The molecule has 2 aromatic rings. The van der Waals surface area contributed by atoms with Gasteiger partial charge in [0.25, 0.3) is 0 Å². The van der Waals surface area contributed by atoms with E-state index in [4.69, 9.17) is 5.73 Å². The SMILES string of the molecule is NC1(c2ccc(-n3cc(Br)cn3)cc2)CC1. The summed E-state index contributed by atoms with van der Waals surface area (Å²) in [5, 5.41) is 4.23. The highest BCUT2D eigenvalue weighted by Gasteiger charge is 2.39. The van der Waals surface area contributed by atoms with Gasteiger partial charge >= 0.3 is 0 Å². The third-order valence-electron chi connectivity index (χ3n) is 3.05. The van der Waals surface area contributed by atoms with E-state index in [1.165, 1.54) is 5.56 Å². The van der Waals surface area contributed by atoms with Gasteiger partial charge in [0.1, 0.15) is 0 Å². The fourth-order valence-electron chi connectivity index (χ4n) is 1.81. The largest absolute Gasteiger partial charge is 0.321 e. The van der Waals surface area contributed by atoms with Crippen molar-refractivity contribution in [1.82, 2.24) is 9.78 Å². The number of nitrogens with zero attached hydrogens (tertiary/aromatic N) is 2. The summed E-state index contributed by atoms with van der Waals surface area (Å²) in [6.07, 6.45) is 5.91. The summed E-state index contributed by atoms with van der Waals surface area (Å²) in [4.78, 5) is 0. The molecule has 0 amide bonds. The van der Waals surface area contributed by atoms with Gasteiger partial charge in [0, 0.05) is 11.7 Å². The zero-order chi connectivity index (χ0) is 11.2. The van der Waals surface area contributed by atoms with Crippen molar-refractivity contribution >= 4 is 15.9 Å². The van der Waals surface area contributed by atoms with Crippen LogP contribution in [0, 0.1) is 0 Å². The normalized spacial score (nSPS) is 17.4. The molecular formula is C12H12BrN3. The van der Waals surface area contributed by atoms with E-state index in [9.17, 15) is 0 Å². The van der Waals surface area contributed by atoms with Crippen LogP contribution in [0.1, 0.15) is 18.4 Å². The maximum atomic E-state index is 6.13. The highest BCUT2D eigenvalue weighted by atomic mass is 79.9. The van der Waals surface area contributed by atoms with E-state index in [0.717, 1.165) is 23.0 Å². The zero-order valence-electron chi connectivity index (χ0n) is 8.73. The van der Waals surface area contributed by atoms with Crippen LogP contribution in [0.4, 0.5) is 0 Å². The summed E-state index contributed by atoms with van der Waals surface area (Å²) in [7, 11) is 0. The van der Waals surface area contributed by atoms with Crippen LogP contribution in [0.3, 0.4) is 0 Å². The first-order valence-corrected chi connectivity index (χ1v) is 6.07. The van der Waals surface area contributed by atoms with Crippen molar-refractivity contribution in [3.05, 3.63) is 46.7 Å². The molecule has 1 aliphatic rings. The van der Waals surface area contributed by atoms with Crippen LogP contribution in [-0.2, 0) is 5.54 Å². The van der Waals surface area contributed by atoms with Crippen molar-refractivity contribution in [2.45, 2.75) is 18.4 Å². The fourth-order valence-corrected chi connectivity index (χ4v) is 2.10. The number of hydrogen-bond acceptors (Lipinski definition) is 2. The van der Waals surface area contributed by atoms with Crippen molar-refractivity contribution in [2.75, 3.05) is 0 Å². The second kappa shape index (κ2) is 3.43. The molecule has 0 aliphatic heterocycles. The maximum Gasteiger partial charge on any atom is 0.0646 e. The number of rotatable bonds is 2. The van der Waals surface area contributed by atoms with Gasteiger partial charge in [-0.25, -0.2) is 4.68 Å². The summed E-state index contributed by atoms with van der Waals surface area (Å²) < 4.78 is 2.82. The third kappa shape index (κ3) is 1.68. The summed E-state index contributed by atoms with van der Waals surface area (Å²) in [5.74, 6) is 0. The first-order chi connectivity index (χ1) is 7.67. The average Bonchev–Trinajstić information content (AvgIpc) is 2.89. The van der Waals surface area contributed by atoms with Gasteiger partial charge in [-0.3, -0.25) is 0 Å². The van der Waals surface area contributed by atoms with Crippen molar-refractivity contribution in [3.63, 3.8) is 0 Å². The molecule has 1 aromatic heterocycles. The van der Waals surface area contributed by atoms with Crippen LogP contribution in [0.25, 0.3) is 5.69 Å². The van der Waals surface area contributed by atoms with Crippen LogP contribution < -0.4 is 5.73 Å². The molecule has 0 radical (unpaired) electrons. The maximum absolute atomic E-state index is 6.13. The van der Waals surface area contributed by atoms with Gasteiger partial charge in [-0.05, 0) is 46.5 Å². The molecule has 3 nitrogen and oxygen atoms in total. The predicted octanol–water partition coefficient (Wildman–Crippen LogP) is 2.58. The highest BCUT2D eigenvalue weighted by molar-refractivity contribution is 9.10. The molecule has 2 N–H and O–H groups in total. The molecule has 1 fully saturated rings. The smallest absolute Gasteiger partial charge is 0.0646 e. The Morgan fingerprint density at radius 3 is 2.44 bits per heavy atom. The van der Waals surface area contributed by atoms with Gasteiger partial charge < -0.3 is 5.73 Å². The summed E-state index contributed by atoms with van der Waals surface area (Å²) in [6, 6.07) is 8.30. The topological polar surface area (TPSA) is 43.8 Å². The Hall–Kier alpha value is -1.13. The Morgan fingerprint density at radius 2 is 1.94 bits per heavy atom. The Labute approximate surface area is 102 Å². The first kappa shape index (κ1) is 10.1. The quantitative estimate of drug-likeness (QED) is 0.917. The van der Waals surface area contributed by atoms with E-state index in [1.807, 2.05) is 10.9 Å². The van der Waals surface area contributed by atoms with Crippen LogP contribution in [-0.4, -0.2) is 9.78 Å². The number of nitrogens with two attached hydrogens (primary N) is 1. The molecule has 0 saturated heterocycles. The second-order valence-corrected chi connectivity index (χ2v) is 5.22. The molecule has 16 heavy (non-hydrogen) atoms. The number of benzene rings is 1. The van der Waals surface area contributed by atoms with Gasteiger partial charge in [-0.15, -0.1) is 0 Å². The Morgan fingerprint density at radius 1 is 1.25 bits per heavy atom. The van der Waals surface area contributed by atoms with E-state index >= 15 is 0 Å². The van der Waals surface area contributed by atoms with Crippen molar-refractivity contribution < 1.29 is 0 Å². The lowest BCUT2D eigenvalue weighted by Gasteiger charge is -2.09. The Balaban J connectivity index is 1.93. The van der Waals surface area contributed by atoms with E-state index < -0.39 is 0 Å². The minimum absolute atomic E-state index is 0.0524. The molecule has 0 bridgehead atoms. The number of aromatic nitrogens is 2. The molecule has 1 aromatic carbocycles. The molecule has 1 saturated carbocycles. The lowest BCUT2D eigenvalue weighted by atomic mass is 10.1. The Bertz CT molecular complexity index is 511. The Kier molecular flexibility index (Phi) is 2.16. The van der Waals surface area contributed by atoms with Crippen molar-refractivity contribution in [1.29, 1.82) is 0 Å². The second-order valence-electron chi connectivity index (χ2n) is 4.31. The first-order valence-electron chi connectivity index (χ1n) is 5.27. The van der Waals surface area contributed by atoms with Crippen LogP contribution in [0.5, 0.6) is 0 Å². The molecule has 0 unspecified atom stereocenters. The van der Waals surface area contributed by atoms with Gasteiger partial charge in [0.15, 0.2) is 0 Å². The summed E-state index contributed by atoms with van der Waals surface area (Å²) in [6.45, 7) is 0. The minimum atomic E-state index is -0.0524. The predicted molar refractivity (Wildman–Crippen MR) is 66.4 cm³/mol. The van der Waals surface area contributed by atoms with E-state index in [2.05, 4.69) is 45.3 Å². The monoisotopic (exact) mass is 277 g/mol. The van der Waals surface area contributed by atoms with Crippen molar-refractivity contribution in [3.8, 4) is 5.69 Å². The van der Waals surface area contributed by atoms with Gasteiger partial charge in [-0.1, -0.05) is 12.1 Å². The van der Waals surface area contributed by atoms with E-state index in [1.54, 1.807) is 6.20 Å². The molecule has 3 rings (SSSR count). The fraction of sp³-hybridized carbons (Fsp3) is 0.250. The van der Waals surface area contributed by atoms with Gasteiger partial charge in [-0.2, -0.15) is 5.10 Å². The van der Waals surface area contributed by atoms with E-state index in [-0.39, 0.29) is 5.54 Å².